The average molecular weight is 234 g/mol. The van der Waals surface area contributed by atoms with Gasteiger partial charge in [-0.1, -0.05) is 40.7 Å². The molecule has 0 aromatic heterocycles. The topological polar surface area (TPSA) is 37.3 Å². The molecule has 0 saturated carbocycles. The van der Waals surface area contributed by atoms with Gasteiger partial charge in [-0.25, -0.2) is 4.79 Å². The monoisotopic (exact) mass is 234 g/mol. The van der Waals surface area contributed by atoms with Gasteiger partial charge in [-0.05, 0) is 41.0 Å². The molecule has 0 aliphatic rings. The van der Waals surface area contributed by atoms with Crippen LogP contribution in [0.25, 0.3) is 0 Å². The minimum absolute atomic E-state index is 0.0202. The quantitative estimate of drug-likeness (QED) is 0.851. The summed E-state index contributed by atoms with van der Waals surface area (Å²) in [5.41, 5.74) is 2.59. The largest absolute Gasteiger partial charge is 0.478 e. The number of carboxylic acids is 1. The summed E-state index contributed by atoms with van der Waals surface area (Å²) in [5.74, 6) is -0.448. The number of hydrogen-bond donors (Lipinski definition) is 1. The van der Waals surface area contributed by atoms with E-state index in [-0.39, 0.29) is 5.41 Å². The van der Waals surface area contributed by atoms with Crippen molar-refractivity contribution in [3.63, 3.8) is 0 Å². The maximum atomic E-state index is 11.1. The molecule has 2 nitrogen and oxygen atoms in total. The molecular weight excluding hydrogens is 212 g/mol. The van der Waals surface area contributed by atoms with Crippen molar-refractivity contribution in [1.29, 1.82) is 0 Å². The second-order valence-corrected chi connectivity index (χ2v) is 5.71. The molecule has 2 heteroatoms. The number of hydrogen-bond acceptors (Lipinski definition) is 1. The fourth-order valence-corrected chi connectivity index (χ4v) is 1.73. The van der Waals surface area contributed by atoms with Gasteiger partial charge in [-0.3, -0.25) is 0 Å². The first-order chi connectivity index (χ1) is 7.75. The minimum Gasteiger partial charge on any atom is -0.478 e. The molecule has 0 fully saturated rings. The molecule has 1 rings (SSSR count). The molecule has 0 aliphatic heterocycles. The lowest BCUT2D eigenvalue weighted by Gasteiger charge is -2.22. The van der Waals surface area contributed by atoms with E-state index in [2.05, 4.69) is 40.7 Å². The van der Waals surface area contributed by atoms with Crippen LogP contribution in [0.2, 0.25) is 0 Å². The number of rotatable bonds is 3. The van der Waals surface area contributed by atoms with Crippen molar-refractivity contribution in [2.75, 3.05) is 0 Å². The van der Waals surface area contributed by atoms with Crippen molar-refractivity contribution < 1.29 is 9.90 Å². The third kappa shape index (κ3) is 3.32. The Hall–Kier alpha value is -1.31. The van der Waals surface area contributed by atoms with E-state index in [4.69, 9.17) is 5.11 Å². The van der Waals surface area contributed by atoms with Gasteiger partial charge in [-0.2, -0.15) is 0 Å². The molecule has 1 aromatic carbocycles. The van der Waals surface area contributed by atoms with Crippen molar-refractivity contribution in [3.05, 3.63) is 34.9 Å². The van der Waals surface area contributed by atoms with Gasteiger partial charge in [0.1, 0.15) is 0 Å². The van der Waals surface area contributed by atoms with Crippen LogP contribution in [0.15, 0.2) is 18.2 Å². The van der Waals surface area contributed by atoms with Crippen LogP contribution in [0.1, 0.15) is 68.4 Å². The summed E-state index contributed by atoms with van der Waals surface area (Å²) in [5, 5.41) is 9.15. The van der Waals surface area contributed by atoms with Crippen LogP contribution in [0.3, 0.4) is 0 Å². The van der Waals surface area contributed by atoms with Crippen LogP contribution < -0.4 is 0 Å². The summed E-state index contributed by atoms with van der Waals surface area (Å²) in [7, 11) is 0. The molecule has 0 radical (unpaired) electrons. The molecule has 1 atom stereocenters. The molecule has 0 spiro atoms. The predicted octanol–water partition coefficient (Wildman–Crippen LogP) is 4.20. The SMILES string of the molecule is CCC(C)c1cc(C(=O)O)cc(C(C)(C)C)c1. The van der Waals surface area contributed by atoms with Crippen LogP contribution in [0.4, 0.5) is 0 Å². The van der Waals surface area contributed by atoms with E-state index in [9.17, 15) is 4.79 Å². The first kappa shape index (κ1) is 13.8. The molecule has 0 heterocycles. The van der Waals surface area contributed by atoms with Crippen LogP contribution >= 0.6 is 0 Å². The highest BCUT2D eigenvalue weighted by molar-refractivity contribution is 5.88. The number of carboxylic acid groups (broad SMARTS) is 1. The van der Waals surface area contributed by atoms with Crippen molar-refractivity contribution >= 4 is 5.97 Å². The standard InChI is InChI=1S/C15H22O2/c1-6-10(2)11-7-12(14(16)17)9-13(8-11)15(3,4)5/h7-10H,6H2,1-5H3,(H,16,17). The van der Waals surface area contributed by atoms with E-state index >= 15 is 0 Å². The van der Waals surface area contributed by atoms with Gasteiger partial charge in [0, 0.05) is 0 Å². The Kier molecular flexibility index (Phi) is 3.97. The zero-order chi connectivity index (χ0) is 13.2. The van der Waals surface area contributed by atoms with Gasteiger partial charge >= 0.3 is 5.97 Å². The van der Waals surface area contributed by atoms with E-state index in [0.717, 1.165) is 17.5 Å². The van der Waals surface area contributed by atoms with Crippen molar-refractivity contribution in [2.45, 2.75) is 52.4 Å². The molecule has 1 aromatic rings. The zero-order valence-electron chi connectivity index (χ0n) is 11.4. The van der Waals surface area contributed by atoms with Gasteiger partial charge in [0.2, 0.25) is 0 Å². The second-order valence-electron chi connectivity index (χ2n) is 5.71. The molecule has 1 unspecified atom stereocenters. The maximum Gasteiger partial charge on any atom is 0.335 e. The lowest BCUT2D eigenvalue weighted by atomic mass is 9.83. The van der Waals surface area contributed by atoms with Crippen LogP contribution in [0.5, 0.6) is 0 Å². The highest BCUT2D eigenvalue weighted by Crippen LogP contribution is 2.28. The smallest absolute Gasteiger partial charge is 0.335 e. The van der Waals surface area contributed by atoms with Gasteiger partial charge in [0.05, 0.1) is 5.56 Å². The molecule has 0 bridgehead atoms. The molecule has 0 saturated heterocycles. The minimum atomic E-state index is -0.847. The first-order valence-electron chi connectivity index (χ1n) is 6.14. The van der Waals surface area contributed by atoms with Crippen LogP contribution in [0, 0.1) is 0 Å². The van der Waals surface area contributed by atoms with Gasteiger partial charge < -0.3 is 5.11 Å². The lowest BCUT2D eigenvalue weighted by molar-refractivity contribution is 0.0696. The highest BCUT2D eigenvalue weighted by Gasteiger charge is 2.18. The number of benzene rings is 1. The number of carbonyl (C=O) groups is 1. The third-order valence-corrected chi connectivity index (χ3v) is 3.25. The van der Waals surface area contributed by atoms with Crippen molar-refractivity contribution in [1.82, 2.24) is 0 Å². The van der Waals surface area contributed by atoms with Crippen molar-refractivity contribution in [2.24, 2.45) is 0 Å². The Morgan fingerprint density at radius 2 is 1.88 bits per heavy atom. The molecule has 94 valence electrons. The van der Waals surface area contributed by atoms with E-state index < -0.39 is 5.97 Å². The van der Waals surface area contributed by atoms with E-state index in [1.807, 2.05) is 0 Å². The first-order valence-corrected chi connectivity index (χ1v) is 6.14. The summed E-state index contributed by atoms with van der Waals surface area (Å²) >= 11 is 0. The fraction of sp³-hybridized carbons (Fsp3) is 0.533. The molecular formula is C15H22O2. The predicted molar refractivity (Wildman–Crippen MR) is 70.8 cm³/mol. The van der Waals surface area contributed by atoms with Crippen LogP contribution in [-0.4, -0.2) is 11.1 Å². The van der Waals surface area contributed by atoms with E-state index in [0.29, 0.717) is 11.5 Å². The normalized spacial score (nSPS) is 13.5. The zero-order valence-corrected chi connectivity index (χ0v) is 11.4. The van der Waals surface area contributed by atoms with Crippen LogP contribution in [-0.2, 0) is 5.41 Å². The summed E-state index contributed by atoms with van der Waals surface area (Å²) in [6.07, 6.45) is 1.02. The summed E-state index contributed by atoms with van der Waals surface area (Å²) in [6, 6.07) is 5.72. The Balaban J connectivity index is 3.34. The fourth-order valence-electron chi connectivity index (χ4n) is 1.73. The van der Waals surface area contributed by atoms with Crippen molar-refractivity contribution in [3.8, 4) is 0 Å². The molecule has 0 aliphatic carbocycles. The van der Waals surface area contributed by atoms with Gasteiger partial charge in [-0.15, -0.1) is 0 Å². The second kappa shape index (κ2) is 4.91. The van der Waals surface area contributed by atoms with Gasteiger partial charge in [0.25, 0.3) is 0 Å². The van der Waals surface area contributed by atoms with E-state index in [1.165, 1.54) is 0 Å². The van der Waals surface area contributed by atoms with E-state index in [1.54, 1.807) is 12.1 Å². The number of aromatic carboxylic acids is 1. The lowest BCUT2D eigenvalue weighted by Crippen LogP contribution is -2.13. The summed E-state index contributed by atoms with van der Waals surface area (Å²) < 4.78 is 0. The Labute approximate surface area is 104 Å². The Morgan fingerprint density at radius 1 is 1.29 bits per heavy atom. The summed E-state index contributed by atoms with van der Waals surface area (Å²) in [6.45, 7) is 10.6. The molecule has 17 heavy (non-hydrogen) atoms. The highest BCUT2D eigenvalue weighted by atomic mass is 16.4. The molecule has 0 amide bonds. The third-order valence-electron chi connectivity index (χ3n) is 3.25. The molecule has 1 N–H and O–H groups in total. The Bertz CT molecular complexity index is 413. The summed E-state index contributed by atoms with van der Waals surface area (Å²) in [4.78, 5) is 11.1. The maximum absolute atomic E-state index is 11.1. The van der Waals surface area contributed by atoms with Gasteiger partial charge in [0.15, 0.2) is 0 Å². The Morgan fingerprint density at radius 3 is 2.29 bits per heavy atom. The average Bonchev–Trinajstić information content (AvgIpc) is 2.26.